The molecule has 0 amide bonds. The van der Waals surface area contributed by atoms with E-state index in [0.29, 0.717) is 0 Å². The van der Waals surface area contributed by atoms with Crippen LogP contribution in [0, 0.1) is 0 Å². The molecule has 3 heterocycles. The van der Waals surface area contributed by atoms with Gasteiger partial charge in [0, 0.05) is 30.0 Å². The zero-order valence-corrected chi connectivity index (χ0v) is 9.74. The van der Waals surface area contributed by atoms with Gasteiger partial charge in [0.25, 0.3) is 0 Å². The maximum absolute atomic E-state index is 4.59. The smallest absolute Gasteiger partial charge is 0.0959 e. The molecule has 0 radical (unpaired) electrons. The topological polar surface area (TPSA) is 28.5 Å². The average Bonchev–Trinajstić information content (AvgIpc) is 2.35. The Kier molecular flexibility index (Phi) is 2.29. The second-order valence-corrected chi connectivity index (χ2v) is 4.67. The first-order valence-corrected chi connectivity index (χ1v) is 6.05. The van der Waals surface area contributed by atoms with Gasteiger partial charge in [0.15, 0.2) is 0 Å². The lowest BCUT2D eigenvalue weighted by atomic mass is 10.2. The number of nitrogens with zero attached hydrogens (tertiary/aromatic N) is 3. The summed E-state index contributed by atoms with van der Waals surface area (Å²) in [4.78, 5) is 13.2. The summed E-state index contributed by atoms with van der Waals surface area (Å²) in [5.41, 5.74) is 2.00. The third kappa shape index (κ3) is 1.55. The molecule has 16 heavy (non-hydrogen) atoms. The van der Waals surface area contributed by atoms with Crippen LogP contribution < -0.4 is 0 Å². The number of allylic oxidation sites excluding steroid dienone is 2. The Bertz CT molecular complexity index is 517. The molecule has 0 atom stereocenters. The molecule has 0 saturated heterocycles. The second-order valence-electron chi connectivity index (χ2n) is 3.58. The summed E-state index contributed by atoms with van der Waals surface area (Å²) >= 11 is 1.76. The molecule has 0 aliphatic carbocycles. The number of thioether (sulfide) groups is 1. The molecule has 0 saturated carbocycles. The van der Waals surface area contributed by atoms with Crippen LogP contribution in [0.5, 0.6) is 0 Å². The normalized spacial score (nSPS) is 17.4. The van der Waals surface area contributed by atoms with Crippen molar-refractivity contribution < 1.29 is 0 Å². The number of fused-ring (bicyclic) bond motifs is 2. The zero-order chi connectivity index (χ0) is 11.0. The molecule has 1 aromatic heterocycles. The lowest BCUT2D eigenvalue weighted by Gasteiger charge is -2.23. The Morgan fingerprint density at radius 3 is 3.25 bits per heavy atom. The number of aliphatic imine (C=N–C) groups is 1. The molecule has 2 aliphatic heterocycles. The van der Waals surface area contributed by atoms with E-state index in [2.05, 4.69) is 40.3 Å². The zero-order valence-electron chi connectivity index (χ0n) is 8.92. The van der Waals surface area contributed by atoms with Crippen LogP contribution in [0.3, 0.4) is 0 Å². The molecule has 3 nitrogen and oxygen atoms in total. The van der Waals surface area contributed by atoms with Crippen LogP contribution in [0.4, 0.5) is 5.69 Å². The van der Waals surface area contributed by atoms with E-state index in [4.69, 9.17) is 0 Å². The first-order chi connectivity index (χ1) is 7.86. The first-order valence-electron chi connectivity index (χ1n) is 5.23. The molecule has 3 rings (SSSR count). The highest BCUT2D eigenvalue weighted by atomic mass is 32.2. The van der Waals surface area contributed by atoms with E-state index in [1.54, 1.807) is 11.8 Å². The largest absolute Gasteiger partial charge is 0.353 e. The number of hydrogen-bond acceptors (Lipinski definition) is 4. The van der Waals surface area contributed by atoms with Gasteiger partial charge in [-0.15, -0.1) is 0 Å². The van der Waals surface area contributed by atoms with Gasteiger partial charge in [-0.3, -0.25) is 4.98 Å². The maximum Gasteiger partial charge on any atom is 0.0959 e. The van der Waals surface area contributed by atoms with E-state index in [-0.39, 0.29) is 0 Å². The third-order valence-corrected chi connectivity index (χ3v) is 3.65. The standard InChI is InChI=1S/C12H11N3S/c1-2-15-6-4-9-12(8-15)16-11-3-5-13-7-10(11)14-9/h3-8H,2H2,1H3. The van der Waals surface area contributed by atoms with Crippen molar-refractivity contribution in [2.24, 2.45) is 4.99 Å². The van der Waals surface area contributed by atoms with Crippen molar-refractivity contribution in [2.45, 2.75) is 11.8 Å². The van der Waals surface area contributed by atoms with E-state index >= 15 is 0 Å². The highest BCUT2D eigenvalue weighted by Gasteiger charge is 2.19. The summed E-state index contributed by atoms with van der Waals surface area (Å²) in [7, 11) is 0. The van der Waals surface area contributed by atoms with Crippen molar-refractivity contribution in [1.29, 1.82) is 0 Å². The predicted octanol–water partition coefficient (Wildman–Crippen LogP) is 2.95. The lowest BCUT2D eigenvalue weighted by Crippen LogP contribution is -2.17. The van der Waals surface area contributed by atoms with E-state index in [1.807, 2.05) is 18.5 Å². The summed E-state index contributed by atoms with van der Waals surface area (Å²) in [6, 6.07) is 2.01. The van der Waals surface area contributed by atoms with Crippen LogP contribution in [0.2, 0.25) is 0 Å². The van der Waals surface area contributed by atoms with Crippen molar-refractivity contribution in [3.05, 3.63) is 41.8 Å². The van der Waals surface area contributed by atoms with E-state index in [9.17, 15) is 0 Å². The molecule has 4 heteroatoms. The monoisotopic (exact) mass is 229 g/mol. The van der Waals surface area contributed by atoms with Crippen molar-refractivity contribution in [3.63, 3.8) is 0 Å². The molecule has 0 N–H and O–H groups in total. The van der Waals surface area contributed by atoms with Gasteiger partial charge in [0.2, 0.25) is 0 Å². The lowest BCUT2D eigenvalue weighted by molar-refractivity contribution is 0.534. The maximum atomic E-state index is 4.59. The Morgan fingerprint density at radius 2 is 2.38 bits per heavy atom. The Morgan fingerprint density at radius 1 is 1.44 bits per heavy atom. The molecule has 0 unspecified atom stereocenters. The molecular formula is C12H11N3S. The molecule has 0 fully saturated rings. The highest BCUT2D eigenvalue weighted by molar-refractivity contribution is 8.04. The highest BCUT2D eigenvalue weighted by Crippen LogP contribution is 2.40. The van der Waals surface area contributed by atoms with Gasteiger partial charge >= 0.3 is 0 Å². The van der Waals surface area contributed by atoms with Crippen molar-refractivity contribution in [3.8, 4) is 0 Å². The van der Waals surface area contributed by atoms with Crippen LogP contribution in [0.15, 0.2) is 51.7 Å². The average molecular weight is 229 g/mol. The number of rotatable bonds is 1. The minimum absolute atomic E-state index is 0.967. The SMILES string of the molecule is CCN1C=CC2=Nc3cnccc3SC2=C1. The van der Waals surface area contributed by atoms with Crippen molar-refractivity contribution in [2.75, 3.05) is 6.54 Å². The van der Waals surface area contributed by atoms with Gasteiger partial charge in [-0.1, -0.05) is 11.8 Å². The van der Waals surface area contributed by atoms with Crippen LogP contribution in [-0.2, 0) is 0 Å². The number of hydrogen-bond donors (Lipinski definition) is 0. The fraction of sp³-hybridized carbons (Fsp3) is 0.167. The van der Waals surface area contributed by atoms with Gasteiger partial charge in [-0.05, 0) is 19.1 Å². The molecule has 2 aliphatic rings. The summed E-state index contributed by atoms with van der Waals surface area (Å²) in [6.45, 7) is 3.12. The fourth-order valence-corrected chi connectivity index (χ4v) is 2.64. The van der Waals surface area contributed by atoms with Crippen LogP contribution in [0.25, 0.3) is 0 Å². The molecular weight excluding hydrogens is 218 g/mol. The molecule has 1 aromatic rings. The van der Waals surface area contributed by atoms with Crippen LogP contribution in [-0.4, -0.2) is 22.1 Å². The van der Waals surface area contributed by atoms with Crippen molar-refractivity contribution in [1.82, 2.24) is 9.88 Å². The van der Waals surface area contributed by atoms with Crippen LogP contribution in [0.1, 0.15) is 6.92 Å². The Labute approximate surface area is 98.6 Å². The second kappa shape index (κ2) is 3.79. The number of aromatic nitrogens is 1. The van der Waals surface area contributed by atoms with Gasteiger partial charge < -0.3 is 4.90 Å². The summed E-state index contributed by atoms with van der Waals surface area (Å²) in [5, 5.41) is 0. The fourth-order valence-electron chi connectivity index (χ4n) is 1.67. The van der Waals surface area contributed by atoms with E-state index in [0.717, 1.165) is 17.9 Å². The molecule has 0 spiro atoms. The van der Waals surface area contributed by atoms with E-state index < -0.39 is 0 Å². The molecule has 0 bridgehead atoms. The quantitative estimate of drug-likeness (QED) is 0.741. The first kappa shape index (κ1) is 9.66. The minimum Gasteiger partial charge on any atom is -0.353 e. The van der Waals surface area contributed by atoms with Crippen molar-refractivity contribution >= 4 is 23.2 Å². The number of pyridine rings is 1. The minimum atomic E-state index is 0.967. The summed E-state index contributed by atoms with van der Waals surface area (Å²) in [5.74, 6) is 0. The Balaban J connectivity index is 2.05. The molecule has 80 valence electrons. The Hall–Kier alpha value is -1.55. The summed E-state index contributed by atoms with van der Waals surface area (Å²) < 4.78 is 0. The summed E-state index contributed by atoms with van der Waals surface area (Å²) in [6.07, 6.45) is 9.88. The van der Waals surface area contributed by atoms with Gasteiger partial charge in [-0.2, -0.15) is 0 Å². The molecule has 0 aromatic carbocycles. The van der Waals surface area contributed by atoms with Gasteiger partial charge in [0.05, 0.1) is 22.5 Å². The van der Waals surface area contributed by atoms with Gasteiger partial charge in [0.1, 0.15) is 0 Å². The van der Waals surface area contributed by atoms with E-state index in [1.165, 1.54) is 9.80 Å². The predicted molar refractivity (Wildman–Crippen MR) is 66.8 cm³/mol. The third-order valence-electron chi connectivity index (χ3n) is 2.55. The van der Waals surface area contributed by atoms with Crippen LogP contribution >= 0.6 is 11.8 Å². The van der Waals surface area contributed by atoms with Gasteiger partial charge in [-0.25, -0.2) is 4.99 Å².